The minimum atomic E-state index is 0.221. The number of nitrogens with one attached hydrogen (secondary N) is 1. The summed E-state index contributed by atoms with van der Waals surface area (Å²) >= 11 is 0. The number of hydrogen-bond acceptors (Lipinski definition) is 4. The van der Waals surface area contributed by atoms with Crippen LogP contribution in [0.15, 0.2) is 18.3 Å². The molecule has 1 atom stereocenters. The molecule has 1 aliphatic heterocycles. The Kier molecular flexibility index (Phi) is 4.55. The Morgan fingerprint density at radius 3 is 2.94 bits per heavy atom. The van der Waals surface area contributed by atoms with Crippen LogP contribution >= 0.6 is 0 Å². The molecular weight excluding hydrogens is 226 g/mol. The van der Waals surface area contributed by atoms with Crippen LogP contribution in [-0.2, 0) is 6.54 Å². The van der Waals surface area contributed by atoms with E-state index in [4.69, 9.17) is 0 Å². The molecule has 2 heterocycles. The van der Waals surface area contributed by atoms with Gasteiger partial charge in [0, 0.05) is 25.3 Å². The number of nitrogens with zero attached hydrogens (tertiary/aromatic N) is 2. The third-order valence-electron chi connectivity index (χ3n) is 3.41. The number of anilines is 1. The maximum atomic E-state index is 9.32. The molecule has 4 heteroatoms. The number of aromatic nitrogens is 1. The predicted octanol–water partition coefficient (Wildman–Crippen LogP) is 1.54. The highest BCUT2D eigenvalue weighted by Gasteiger charge is 2.24. The Hall–Kier alpha value is -1.13. The molecule has 100 valence electrons. The lowest BCUT2D eigenvalue weighted by atomic mass is 10.2. The largest absolute Gasteiger partial charge is 0.394 e. The lowest BCUT2D eigenvalue weighted by molar-refractivity contribution is 0.266. The van der Waals surface area contributed by atoms with Crippen molar-refractivity contribution in [2.45, 2.75) is 45.3 Å². The van der Waals surface area contributed by atoms with Gasteiger partial charge in [0.1, 0.15) is 5.82 Å². The van der Waals surface area contributed by atoms with Crippen LogP contribution in [-0.4, -0.2) is 35.3 Å². The van der Waals surface area contributed by atoms with E-state index in [1.165, 1.54) is 5.56 Å². The SMILES string of the molecule is CC(C)NCc1ccc(N2CCCC2CO)nc1. The molecule has 1 aromatic rings. The van der Waals surface area contributed by atoms with Gasteiger partial charge < -0.3 is 15.3 Å². The molecule has 1 fully saturated rings. The zero-order valence-electron chi connectivity index (χ0n) is 11.3. The standard InChI is InChI=1S/C14H23N3O/c1-11(2)15-8-12-5-6-14(16-9-12)17-7-3-4-13(17)10-18/h5-6,9,11,13,15,18H,3-4,7-8,10H2,1-2H3. The molecule has 0 aliphatic carbocycles. The number of pyridine rings is 1. The number of rotatable bonds is 5. The van der Waals surface area contributed by atoms with Crippen molar-refractivity contribution in [3.8, 4) is 0 Å². The van der Waals surface area contributed by atoms with E-state index >= 15 is 0 Å². The van der Waals surface area contributed by atoms with E-state index in [0.717, 1.165) is 31.7 Å². The molecule has 0 spiro atoms. The molecule has 0 bridgehead atoms. The van der Waals surface area contributed by atoms with E-state index in [1.807, 2.05) is 6.20 Å². The fourth-order valence-electron chi connectivity index (χ4n) is 2.34. The zero-order valence-corrected chi connectivity index (χ0v) is 11.3. The lowest BCUT2D eigenvalue weighted by Crippen LogP contribution is -2.32. The summed E-state index contributed by atoms with van der Waals surface area (Å²) < 4.78 is 0. The average molecular weight is 249 g/mol. The van der Waals surface area contributed by atoms with Gasteiger partial charge in [-0.2, -0.15) is 0 Å². The quantitative estimate of drug-likeness (QED) is 0.831. The second kappa shape index (κ2) is 6.16. The first-order valence-corrected chi connectivity index (χ1v) is 6.76. The summed E-state index contributed by atoms with van der Waals surface area (Å²) in [4.78, 5) is 6.72. The van der Waals surface area contributed by atoms with Crippen LogP contribution in [0.5, 0.6) is 0 Å². The smallest absolute Gasteiger partial charge is 0.128 e. The van der Waals surface area contributed by atoms with Crippen LogP contribution in [0.2, 0.25) is 0 Å². The third-order valence-corrected chi connectivity index (χ3v) is 3.41. The van der Waals surface area contributed by atoms with Crippen molar-refractivity contribution in [1.82, 2.24) is 10.3 Å². The molecule has 1 saturated heterocycles. The van der Waals surface area contributed by atoms with Crippen LogP contribution in [0.3, 0.4) is 0 Å². The minimum absolute atomic E-state index is 0.221. The topological polar surface area (TPSA) is 48.4 Å². The highest BCUT2D eigenvalue weighted by atomic mass is 16.3. The number of aliphatic hydroxyl groups excluding tert-OH is 1. The van der Waals surface area contributed by atoms with Gasteiger partial charge in [0.25, 0.3) is 0 Å². The Labute approximate surface area is 109 Å². The first-order chi connectivity index (χ1) is 8.70. The van der Waals surface area contributed by atoms with Gasteiger partial charge in [-0.05, 0) is 24.5 Å². The Morgan fingerprint density at radius 1 is 1.50 bits per heavy atom. The fraction of sp³-hybridized carbons (Fsp3) is 0.643. The summed E-state index contributed by atoms with van der Waals surface area (Å²) in [6.45, 7) is 6.35. The number of hydrogen-bond donors (Lipinski definition) is 2. The second-order valence-corrected chi connectivity index (χ2v) is 5.23. The summed E-state index contributed by atoms with van der Waals surface area (Å²) in [5.41, 5.74) is 1.20. The van der Waals surface area contributed by atoms with Crippen molar-refractivity contribution in [1.29, 1.82) is 0 Å². The highest BCUT2D eigenvalue weighted by molar-refractivity contribution is 5.41. The van der Waals surface area contributed by atoms with Crippen LogP contribution < -0.4 is 10.2 Å². The van der Waals surface area contributed by atoms with E-state index in [2.05, 4.69) is 41.2 Å². The molecule has 4 nitrogen and oxygen atoms in total. The van der Waals surface area contributed by atoms with E-state index in [1.54, 1.807) is 0 Å². The van der Waals surface area contributed by atoms with Gasteiger partial charge in [-0.15, -0.1) is 0 Å². The molecule has 0 radical (unpaired) electrons. The van der Waals surface area contributed by atoms with Crippen molar-refractivity contribution in [3.63, 3.8) is 0 Å². The molecular formula is C14H23N3O. The molecule has 0 saturated carbocycles. The first kappa shape index (κ1) is 13.3. The van der Waals surface area contributed by atoms with Crippen LogP contribution in [0, 0.1) is 0 Å². The highest BCUT2D eigenvalue weighted by Crippen LogP contribution is 2.23. The van der Waals surface area contributed by atoms with Crippen molar-refractivity contribution in [3.05, 3.63) is 23.9 Å². The fourth-order valence-corrected chi connectivity index (χ4v) is 2.34. The molecule has 0 aromatic carbocycles. The van der Waals surface area contributed by atoms with Crippen molar-refractivity contribution in [2.75, 3.05) is 18.1 Å². The van der Waals surface area contributed by atoms with Gasteiger partial charge in [-0.25, -0.2) is 4.98 Å². The summed E-state index contributed by atoms with van der Waals surface area (Å²) in [6.07, 6.45) is 4.13. The van der Waals surface area contributed by atoms with Crippen LogP contribution in [0.25, 0.3) is 0 Å². The zero-order chi connectivity index (χ0) is 13.0. The Morgan fingerprint density at radius 2 is 2.33 bits per heavy atom. The number of aliphatic hydroxyl groups is 1. The van der Waals surface area contributed by atoms with E-state index in [0.29, 0.717) is 6.04 Å². The van der Waals surface area contributed by atoms with E-state index in [-0.39, 0.29) is 12.6 Å². The molecule has 2 rings (SSSR count). The molecule has 0 amide bonds. The second-order valence-electron chi connectivity index (χ2n) is 5.23. The molecule has 2 N–H and O–H groups in total. The summed E-state index contributed by atoms with van der Waals surface area (Å²) in [7, 11) is 0. The maximum absolute atomic E-state index is 9.32. The van der Waals surface area contributed by atoms with Gasteiger partial charge in [-0.3, -0.25) is 0 Å². The van der Waals surface area contributed by atoms with Gasteiger partial charge >= 0.3 is 0 Å². The molecule has 1 aliphatic rings. The molecule has 1 unspecified atom stereocenters. The predicted molar refractivity (Wildman–Crippen MR) is 73.7 cm³/mol. The van der Waals surface area contributed by atoms with Crippen molar-refractivity contribution in [2.24, 2.45) is 0 Å². The van der Waals surface area contributed by atoms with Gasteiger partial charge in [0.2, 0.25) is 0 Å². The van der Waals surface area contributed by atoms with Crippen molar-refractivity contribution >= 4 is 5.82 Å². The van der Waals surface area contributed by atoms with Gasteiger partial charge in [0.05, 0.1) is 12.6 Å². The lowest BCUT2D eigenvalue weighted by Gasteiger charge is -2.24. The summed E-state index contributed by atoms with van der Waals surface area (Å²) in [5, 5.41) is 12.7. The minimum Gasteiger partial charge on any atom is -0.394 e. The third kappa shape index (κ3) is 3.21. The average Bonchev–Trinajstić information content (AvgIpc) is 2.85. The Bertz CT molecular complexity index is 364. The van der Waals surface area contributed by atoms with Gasteiger partial charge in [-0.1, -0.05) is 19.9 Å². The maximum Gasteiger partial charge on any atom is 0.128 e. The normalized spacial score (nSPS) is 19.8. The van der Waals surface area contributed by atoms with Gasteiger partial charge in [0.15, 0.2) is 0 Å². The molecule has 1 aromatic heterocycles. The summed E-state index contributed by atoms with van der Waals surface area (Å²) in [6, 6.07) is 4.91. The Balaban J connectivity index is 1.98. The van der Waals surface area contributed by atoms with Crippen LogP contribution in [0.1, 0.15) is 32.3 Å². The van der Waals surface area contributed by atoms with Crippen LogP contribution in [0.4, 0.5) is 5.82 Å². The molecule has 18 heavy (non-hydrogen) atoms. The van der Waals surface area contributed by atoms with E-state index < -0.39 is 0 Å². The summed E-state index contributed by atoms with van der Waals surface area (Å²) in [5.74, 6) is 0.986. The monoisotopic (exact) mass is 249 g/mol. The first-order valence-electron chi connectivity index (χ1n) is 6.76. The van der Waals surface area contributed by atoms with Crippen molar-refractivity contribution < 1.29 is 5.11 Å². The van der Waals surface area contributed by atoms with E-state index in [9.17, 15) is 5.11 Å².